The Morgan fingerprint density at radius 1 is 1.50 bits per heavy atom. The molecule has 0 saturated heterocycles. The van der Waals surface area contributed by atoms with Crippen LogP contribution in [0, 0.1) is 0 Å². The van der Waals surface area contributed by atoms with E-state index in [0.717, 1.165) is 5.01 Å². The van der Waals surface area contributed by atoms with Gasteiger partial charge in [0.15, 0.2) is 5.69 Å². The number of carbonyl (C=O) groups excluding carboxylic acids is 1. The smallest absolute Gasteiger partial charge is 0.358 e. The van der Waals surface area contributed by atoms with Crippen LogP contribution in [0.4, 0.5) is 14.6 Å². The van der Waals surface area contributed by atoms with E-state index in [2.05, 4.69) is 25.0 Å². The van der Waals surface area contributed by atoms with Crippen molar-refractivity contribution in [3.05, 3.63) is 12.0 Å². The van der Waals surface area contributed by atoms with Crippen molar-refractivity contribution < 1.29 is 18.3 Å². The van der Waals surface area contributed by atoms with E-state index in [9.17, 15) is 13.6 Å². The molecule has 0 saturated carbocycles. The quantitative estimate of drug-likeness (QED) is 0.457. The van der Waals surface area contributed by atoms with E-state index in [1.54, 1.807) is 0 Å². The second-order valence-electron chi connectivity index (χ2n) is 3.11. The minimum Gasteiger partial charge on any atom is -0.464 e. The van der Waals surface area contributed by atoms with E-state index in [4.69, 9.17) is 0 Å². The summed E-state index contributed by atoms with van der Waals surface area (Å²) in [6, 6.07) is 0. The average molecular weight is 261 g/mol. The number of methoxy groups -OCH3 is 1. The van der Waals surface area contributed by atoms with E-state index in [1.807, 2.05) is 0 Å². The number of hydrogen-bond donors (Lipinski definition) is 1. The van der Waals surface area contributed by atoms with Gasteiger partial charge in [0, 0.05) is 0 Å². The number of nitrogens with zero attached hydrogens (tertiary/aromatic N) is 4. The maximum atomic E-state index is 12.1. The second kappa shape index (κ2) is 7.30. The molecule has 0 radical (unpaired) electrons. The van der Waals surface area contributed by atoms with Crippen molar-refractivity contribution in [3.63, 3.8) is 0 Å². The van der Waals surface area contributed by atoms with Crippen molar-refractivity contribution in [2.75, 3.05) is 33.5 Å². The molecule has 0 fully saturated rings. The Bertz CT molecular complexity index is 403. The van der Waals surface area contributed by atoms with Gasteiger partial charge < -0.3 is 9.72 Å². The third-order valence-electron chi connectivity index (χ3n) is 1.96. The fourth-order valence-corrected chi connectivity index (χ4v) is 1.12. The van der Waals surface area contributed by atoms with Gasteiger partial charge in [-0.25, -0.2) is 18.6 Å². The van der Waals surface area contributed by atoms with Crippen LogP contribution in [-0.2, 0) is 4.74 Å². The molecule has 7 nitrogen and oxygen atoms in total. The van der Waals surface area contributed by atoms with Crippen LogP contribution < -0.4 is 0 Å². The number of aromatic nitrogens is 2. The highest BCUT2D eigenvalue weighted by molar-refractivity contribution is 5.91. The first-order valence-electron chi connectivity index (χ1n) is 5.13. The number of rotatable bonds is 7. The maximum Gasteiger partial charge on any atom is 0.358 e. The topological polar surface area (TPSA) is 82.9 Å². The Kier molecular flexibility index (Phi) is 5.68. The minimum atomic E-state index is -0.677. The van der Waals surface area contributed by atoms with E-state index in [-0.39, 0.29) is 24.6 Å². The van der Waals surface area contributed by atoms with Crippen molar-refractivity contribution in [2.45, 2.75) is 0 Å². The van der Waals surface area contributed by atoms with Crippen molar-refractivity contribution in [2.24, 2.45) is 10.3 Å². The molecule has 0 atom stereocenters. The lowest BCUT2D eigenvalue weighted by atomic mass is 10.4. The predicted octanol–water partition coefficient (Wildman–Crippen LogP) is 1.44. The summed E-state index contributed by atoms with van der Waals surface area (Å²) >= 11 is 0. The van der Waals surface area contributed by atoms with E-state index < -0.39 is 19.3 Å². The molecule has 1 N–H and O–H groups in total. The van der Waals surface area contributed by atoms with Crippen molar-refractivity contribution in [1.29, 1.82) is 0 Å². The zero-order valence-corrected chi connectivity index (χ0v) is 9.77. The molecule has 0 aliphatic carbocycles. The number of imidazole rings is 1. The van der Waals surface area contributed by atoms with Crippen LogP contribution in [0.2, 0.25) is 0 Å². The number of nitrogens with one attached hydrogen (secondary N) is 1. The normalized spacial score (nSPS) is 10.8. The largest absolute Gasteiger partial charge is 0.464 e. The van der Waals surface area contributed by atoms with Gasteiger partial charge in [-0.15, -0.1) is 5.11 Å². The lowest BCUT2D eigenvalue weighted by Gasteiger charge is -2.12. The monoisotopic (exact) mass is 261 g/mol. The van der Waals surface area contributed by atoms with E-state index >= 15 is 0 Å². The molecule has 0 aliphatic heterocycles. The molecule has 0 bridgehead atoms. The average Bonchev–Trinajstić information content (AvgIpc) is 2.84. The summed E-state index contributed by atoms with van der Waals surface area (Å²) in [6.07, 6.45) is 1.25. The summed E-state index contributed by atoms with van der Waals surface area (Å²) in [5.74, 6) is -0.645. The first-order chi connectivity index (χ1) is 8.72. The highest BCUT2D eigenvalue weighted by Crippen LogP contribution is 2.15. The molecule has 0 amide bonds. The van der Waals surface area contributed by atoms with Crippen LogP contribution in [0.3, 0.4) is 0 Å². The van der Waals surface area contributed by atoms with Gasteiger partial charge in [0.25, 0.3) is 0 Å². The number of carbonyl (C=O) groups is 1. The Morgan fingerprint density at radius 2 is 2.17 bits per heavy atom. The molecule has 1 aromatic heterocycles. The van der Waals surface area contributed by atoms with Crippen LogP contribution in [0.15, 0.2) is 16.7 Å². The summed E-state index contributed by atoms with van der Waals surface area (Å²) in [5, 5.41) is 8.37. The summed E-state index contributed by atoms with van der Waals surface area (Å²) in [7, 11) is 1.21. The summed E-state index contributed by atoms with van der Waals surface area (Å²) in [6.45, 7) is -1.51. The van der Waals surface area contributed by atoms with Gasteiger partial charge in [-0.1, -0.05) is 5.22 Å². The molecular formula is C9H13F2N5O2. The molecule has 9 heteroatoms. The van der Waals surface area contributed by atoms with Crippen LogP contribution in [0.5, 0.6) is 0 Å². The number of aromatic amines is 1. The van der Waals surface area contributed by atoms with E-state index in [0.29, 0.717) is 0 Å². The SMILES string of the molecule is COC(=O)c1[nH]cnc1/N=N\N(CCF)CCF. The van der Waals surface area contributed by atoms with Gasteiger partial charge in [-0.05, 0) is 0 Å². The third kappa shape index (κ3) is 3.75. The summed E-state index contributed by atoms with van der Waals surface area (Å²) < 4.78 is 28.8. The fraction of sp³-hybridized carbons (Fsp3) is 0.556. The molecule has 0 spiro atoms. The number of esters is 1. The molecule has 1 aromatic rings. The third-order valence-corrected chi connectivity index (χ3v) is 1.96. The standard InChI is InChI=1S/C9H13F2N5O2/c1-18-9(17)7-8(13-6-12-7)14-15-16(4-2-10)5-3-11/h6H,2-5H2,1H3,(H,12,13)/b15-14-. The zero-order chi connectivity index (χ0) is 13.4. The Morgan fingerprint density at radius 3 is 2.72 bits per heavy atom. The molecule has 18 heavy (non-hydrogen) atoms. The first kappa shape index (κ1) is 14.0. The van der Waals surface area contributed by atoms with Crippen LogP contribution in [0.1, 0.15) is 10.5 Å². The Labute approximate surface area is 102 Å². The molecule has 0 aliphatic rings. The summed E-state index contributed by atoms with van der Waals surface area (Å²) in [5.41, 5.74) is 0.0293. The first-order valence-corrected chi connectivity index (χ1v) is 5.13. The number of hydrogen-bond acceptors (Lipinski definition) is 5. The Hall–Kier alpha value is -2.06. The van der Waals surface area contributed by atoms with Crippen LogP contribution >= 0.6 is 0 Å². The number of H-pyrrole nitrogens is 1. The van der Waals surface area contributed by atoms with E-state index in [1.165, 1.54) is 13.4 Å². The Balaban J connectivity index is 2.75. The number of alkyl halides is 2. The van der Waals surface area contributed by atoms with Gasteiger partial charge in [-0.2, -0.15) is 0 Å². The molecule has 1 rings (SSSR count). The number of ether oxygens (including phenoxy) is 1. The molecule has 1 heterocycles. The second-order valence-corrected chi connectivity index (χ2v) is 3.11. The molecular weight excluding hydrogens is 248 g/mol. The van der Waals surface area contributed by atoms with Gasteiger partial charge in [0.05, 0.1) is 26.5 Å². The predicted molar refractivity (Wildman–Crippen MR) is 58.0 cm³/mol. The van der Waals surface area contributed by atoms with Crippen molar-refractivity contribution in [1.82, 2.24) is 15.0 Å². The maximum absolute atomic E-state index is 12.1. The van der Waals surface area contributed by atoms with Gasteiger partial charge in [0.2, 0.25) is 5.82 Å². The van der Waals surface area contributed by atoms with Crippen molar-refractivity contribution in [3.8, 4) is 0 Å². The van der Waals surface area contributed by atoms with Crippen LogP contribution in [-0.4, -0.2) is 54.5 Å². The molecule has 100 valence electrons. The number of halogens is 2. The molecule has 0 unspecified atom stereocenters. The lowest BCUT2D eigenvalue weighted by molar-refractivity contribution is 0.0595. The minimum absolute atomic E-state index is 0.00423. The van der Waals surface area contributed by atoms with Gasteiger partial charge >= 0.3 is 5.97 Å². The highest BCUT2D eigenvalue weighted by atomic mass is 19.1. The van der Waals surface area contributed by atoms with Crippen molar-refractivity contribution >= 4 is 11.8 Å². The lowest BCUT2D eigenvalue weighted by Crippen LogP contribution is -2.22. The highest BCUT2D eigenvalue weighted by Gasteiger charge is 2.14. The van der Waals surface area contributed by atoms with Gasteiger partial charge in [0.1, 0.15) is 13.3 Å². The van der Waals surface area contributed by atoms with Crippen LogP contribution in [0.25, 0.3) is 0 Å². The summed E-state index contributed by atoms with van der Waals surface area (Å²) in [4.78, 5) is 17.5. The van der Waals surface area contributed by atoms with Gasteiger partial charge in [-0.3, -0.25) is 5.01 Å². The zero-order valence-electron chi connectivity index (χ0n) is 9.77. The molecule has 0 aromatic carbocycles. The fourth-order valence-electron chi connectivity index (χ4n) is 1.12.